The molecule has 0 bridgehead atoms. The standard InChI is InChI=1S/C16H15NO2/c1-18-16-11-14(12-17)7-8-15(16)19-10-9-13-5-3-2-4-6-13/h2-8,11H,9-10H2,1H3. The molecular formula is C16H15NO2. The first-order valence-corrected chi connectivity index (χ1v) is 6.08. The summed E-state index contributed by atoms with van der Waals surface area (Å²) in [5.41, 5.74) is 1.79. The Balaban J connectivity index is 1.98. The maximum atomic E-state index is 8.83. The van der Waals surface area contributed by atoms with Gasteiger partial charge in [0.15, 0.2) is 11.5 Å². The topological polar surface area (TPSA) is 42.2 Å². The van der Waals surface area contributed by atoms with Crippen LogP contribution in [0.15, 0.2) is 48.5 Å². The largest absolute Gasteiger partial charge is 0.493 e. The molecule has 0 fully saturated rings. The van der Waals surface area contributed by atoms with E-state index in [9.17, 15) is 0 Å². The lowest BCUT2D eigenvalue weighted by atomic mass is 10.2. The molecule has 0 aliphatic carbocycles. The molecule has 0 saturated carbocycles. The Bertz CT molecular complexity index is 573. The summed E-state index contributed by atoms with van der Waals surface area (Å²) in [4.78, 5) is 0. The van der Waals surface area contributed by atoms with Crippen LogP contribution in [0.1, 0.15) is 11.1 Å². The van der Waals surface area contributed by atoms with Gasteiger partial charge in [-0.25, -0.2) is 0 Å². The summed E-state index contributed by atoms with van der Waals surface area (Å²) >= 11 is 0. The monoisotopic (exact) mass is 253 g/mol. The SMILES string of the molecule is COc1cc(C#N)ccc1OCCc1ccccc1. The molecule has 0 saturated heterocycles. The minimum atomic E-state index is 0.562. The highest BCUT2D eigenvalue weighted by atomic mass is 16.5. The van der Waals surface area contributed by atoms with Crippen LogP contribution in [-0.4, -0.2) is 13.7 Å². The average molecular weight is 253 g/mol. The molecule has 2 aromatic carbocycles. The van der Waals surface area contributed by atoms with E-state index < -0.39 is 0 Å². The van der Waals surface area contributed by atoms with Crippen LogP contribution in [0.3, 0.4) is 0 Å². The van der Waals surface area contributed by atoms with E-state index in [0.717, 1.165) is 6.42 Å². The van der Waals surface area contributed by atoms with Gasteiger partial charge in [-0.2, -0.15) is 5.26 Å². The number of ether oxygens (including phenoxy) is 2. The third-order valence-corrected chi connectivity index (χ3v) is 2.78. The van der Waals surface area contributed by atoms with Crippen LogP contribution in [0.4, 0.5) is 0 Å². The van der Waals surface area contributed by atoms with Gasteiger partial charge in [-0.15, -0.1) is 0 Å². The molecule has 2 aromatic rings. The predicted molar refractivity (Wildman–Crippen MR) is 73.4 cm³/mol. The molecule has 3 heteroatoms. The van der Waals surface area contributed by atoms with E-state index in [1.54, 1.807) is 25.3 Å². The van der Waals surface area contributed by atoms with E-state index in [2.05, 4.69) is 18.2 Å². The van der Waals surface area contributed by atoms with Crippen molar-refractivity contribution in [1.82, 2.24) is 0 Å². The summed E-state index contributed by atoms with van der Waals surface area (Å²) < 4.78 is 10.9. The zero-order chi connectivity index (χ0) is 13.5. The Morgan fingerprint density at radius 2 is 1.84 bits per heavy atom. The number of hydrogen-bond acceptors (Lipinski definition) is 3. The van der Waals surface area contributed by atoms with Gasteiger partial charge < -0.3 is 9.47 Å². The van der Waals surface area contributed by atoms with Crippen molar-refractivity contribution in [2.24, 2.45) is 0 Å². The third-order valence-electron chi connectivity index (χ3n) is 2.78. The van der Waals surface area contributed by atoms with Crippen LogP contribution in [0.25, 0.3) is 0 Å². The fourth-order valence-corrected chi connectivity index (χ4v) is 1.78. The van der Waals surface area contributed by atoms with E-state index in [0.29, 0.717) is 23.7 Å². The quantitative estimate of drug-likeness (QED) is 0.821. The minimum Gasteiger partial charge on any atom is -0.493 e. The second kappa shape index (κ2) is 6.46. The molecule has 0 aliphatic rings. The van der Waals surface area contributed by atoms with Crippen LogP contribution >= 0.6 is 0 Å². The van der Waals surface area contributed by atoms with Gasteiger partial charge in [0, 0.05) is 12.5 Å². The highest BCUT2D eigenvalue weighted by molar-refractivity contribution is 5.46. The molecule has 96 valence electrons. The first-order valence-electron chi connectivity index (χ1n) is 6.08. The van der Waals surface area contributed by atoms with Crippen LogP contribution in [0.2, 0.25) is 0 Å². The van der Waals surface area contributed by atoms with Crippen molar-refractivity contribution in [2.75, 3.05) is 13.7 Å². The summed E-state index contributed by atoms with van der Waals surface area (Å²) in [5.74, 6) is 1.25. The Labute approximate surface area is 113 Å². The number of benzene rings is 2. The molecule has 0 N–H and O–H groups in total. The van der Waals surface area contributed by atoms with Crippen molar-refractivity contribution in [3.05, 3.63) is 59.7 Å². The molecule has 19 heavy (non-hydrogen) atoms. The normalized spacial score (nSPS) is 9.68. The molecule has 0 heterocycles. The fourth-order valence-electron chi connectivity index (χ4n) is 1.78. The Morgan fingerprint density at radius 1 is 1.05 bits per heavy atom. The maximum absolute atomic E-state index is 8.83. The van der Waals surface area contributed by atoms with E-state index in [4.69, 9.17) is 14.7 Å². The van der Waals surface area contributed by atoms with Gasteiger partial charge in [-0.3, -0.25) is 0 Å². The zero-order valence-corrected chi connectivity index (χ0v) is 10.8. The molecule has 0 amide bonds. The molecular weight excluding hydrogens is 238 g/mol. The first-order chi connectivity index (χ1) is 9.33. The lowest BCUT2D eigenvalue weighted by Gasteiger charge is -2.10. The number of hydrogen-bond donors (Lipinski definition) is 0. The Hall–Kier alpha value is -2.47. The maximum Gasteiger partial charge on any atom is 0.162 e. The first kappa shape index (κ1) is 13.0. The smallest absolute Gasteiger partial charge is 0.162 e. The van der Waals surface area contributed by atoms with Crippen molar-refractivity contribution in [3.63, 3.8) is 0 Å². The molecule has 0 atom stereocenters. The predicted octanol–water partition coefficient (Wildman–Crippen LogP) is 3.19. The van der Waals surface area contributed by atoms with Crippen molar-refractivity contribution < 1.29 is 9.47 Å². The lowest BCUT2D eigenvalue weighted by Crippen LogP contribution is -2.02. The number of methoxy groups -OCH3 is 1. The summed E-state index contributed by atoms with van der Waals surface area (Å²) in [7, 11) is 1.57. The lowest BCUT2D eigenvalue weighted by molar-refractivity contribution is 0.297. The van der Waals surface area contributed by atoms with Crippen molar-refractivity contribution in [1.29, 1.82) is 5.26 Å². The van der Waals surface area contributed by atoms with Gasteiger partial charge in [-0.05, 0) is 17.7 Å². The Kier molecular flexibility index (Phi) is 4.41. The third kappa shape index (κ3) is 3.49. The Morgan fingerprint density at radius 3 is 2.53 bits per heavy atom. The fraction of sp³-hybridized carbons (Fsp3) is 0.188. The van der Waals surface area contributed by atoms with Gasteiger partial charge >= 0.3 is 0 Å². The molecule has 0 unspecified atom stereocenters. The van der Waals surface area contributed by atoms with Crippen molar-refractivity contribution >= 4 is 0 Å². The van der Waals surface area contributed by atoms with Crippen LogP contribution in [-0.2, 0) is 6.42 Å². The highest BCUT2D eigenvalue weighted by Crippen LogP contribution is 2.27. The van der Waals surface area contributed by atoms with Crippen LogP contribution in [0.5, 0.6) is 11.5 Å². The van der Waals surface area contributed by atoms with Gasteiger partial charge in [0.25, 0.3) is 0 Å². The van der Waals surface area contributed by atoms with Gasteiger partial charge in [-0.1, -0.05) is 30.3 Å². The summed E-state index contributed by atoms with van der Waals surface area (Å²) in [6, 6.07) is 17.4. The molecule has 3 nitrogen and oxygen atoms in total. The van der Waals surface area contributed by atoms with Crippen LogP contribution in [0, 0.1) is 11.3 Å². The summed E-state index contributed by atoms with van der Waals surface area (Å²) in [6.45, 7) is 0.576. The van der Waals surface area contributed by atoms with Gasteiger partial charge in [0.2, 0.25) is 0 Å². The zero-order valence-electron chi connectivity index (χ0n) is 10.8. The van der Waals surface area contributed by atoms with E-state index in [-0.39, 0.29) is 0 Å². The van der Waals surface area contributed by atoms with Gasteiger partial charge in [0.05, 0.1) is 25.3 Å². The summed E-state index contributed by atoms with van der Waals surface area (Å²) in [6.07, 6.45) is 0.837. The summed E-state index contributed by atoms with van der Waals surface area (Å²) in [5, 5.41) is 8.83. The van der Waals surface area contributed by atoms with Crippen molar-refractivity contribution in [2.45, 2.75) is 6.42 Å². The second-order valence-corrected chi connectivity index (χ2v) is 4.06. The number of nitriles is 1. The van der Waals surface area contributed by atoms with Crippen molar-refractivity contribution in [3.8, 4) is 17.6 Å². The molecule has 2 rings (SSSR count). The highest BCUT2D eigenvalue weighted by Gasteiger charge is 2.05. The number of rotatable bonds is 5. The van der Waals surface area contributed by atoms with E-state index >= 15 is 0 Å². The molecule has 0 radical (unpaired) electrons. The molecule has 0 aromatic heterocycles. The minimum absolute atomic E-state index is 0.562. The van der Waals surface area contributed by atoms with Crippen LogP contribution < -0.4 is 9.47 Å². The molecule has 0 aliphatic heterocycles. The molecule has 0 spiro atoms. The van der Waals surface area contributed by atoms with Gasteiger partial charge in [0.1, 0.15) is 0 Å². The van der Waals surface area contributed by atoms with E-state index in [1.807, 2.05) is 18.2 Å². The second-order valence-electron chi connectivity index (χ2n) is 4.06. The number of nitrogens with zero attached hydrogens (tertiary/aromatic N) is 1. The van der Waals surface area contributed by atoms with E-state index in [1.165, 1.54) is 5.56 Å². The average Bonchev–Trinajstić information content (AvgIpc) is 2.48.